The zero-order valence-corrected chi connectivity index (χ0v) is 12.4. The summed E-state index contributed by atoms with van der Waals surface area (Å²) >= 11 is 1.51. The lowest BCUT2D eigenvalue weighted by molar-refractivity contribution is 0.582. The highest BCUT2D eigenvalue weighted by Gasteiger charge is 2.18. The minimum Gasteiger partial charge on any atom is -0.398 e. The first-order valence-electron chi connectivity index (χ1n) is 5.79. The van der Waals surface area contributed by atoms with Gasteiger partial charge in [0.05, 0.1) is 5.69 Å². The van der Waals surface area contributed by atoms with Crippen LogP contribution in [0.3, 0.4) is 0 Å². The third-order valence-electron chi connectivity index (χ3n) is 2.93. The molecule has 4 nitrogen and oxygen atoms in total. The van der Waals surface area contributed by atoms with Gasteiger partial charge in [0.15, 0.2) is 0 Å². The molecule has 0 amide bonds. The largest absolute Gasteiger partial charge is 0.398 e. The molecule has 2 aromatic rings. The Morgan fingerprint density at radius 3 is 2.58 bits per heavy atom. The molecule has 6 heteroatoms. The van der Waals surface area contributed by atoms with Crippen molar-refractivity contribution in [3.05, 3.63) is 45.6 Å². The van der Waals surface area contributed by atoms with E-state index in [1.54, 1.807) is 12.1 Å². The molecule has 0 saturated carbocycles. The maximum absolute atomic E-state index is 12.2. The quantitative estimate of drug-likeness (QED) is 0.851. The summed E-state index contributed by atoms with van der Waals surface area (Å²) in [6, 6.07) is 7.08. The van der Waals surface area contributed by atoms with Crippen LogP contribution in [0.15, 0.2) is 34.5 Å². The molecule has 2 rings (SSSR count). The van der Waals surface area contributed by atoms with E-state index in [2.05, 4.69) is 4.72 Å². The van der Waals surface area contributed by atoms with Crippen LogP contribution >= 0.6 is 11.3 Å². The normalized spacial score (nSPS) is 11.7. The number of nitrogens with two attached hydrogens (primary N) is 1. The molecule has 0 bridgehead atoms. The highest BCUT2D eigenvalue weighted by molar-refractivity contribution is 7.89. The SMILES string of the molecule is Cc1cc(N)c(S(=O)(=O)NCc2cccs2)cc1C. The first-order valence-corrected chi connectivity index (χ1v) is 8.15. The summed E-state index contributed by atoms with van der Waals surface area (Å²) in [6.45, 7) is 4.06. The van der Waals surface area contributed by atoms with Gasteiger partial charge in [0.1, 0.15) is 4.90 Å². The van der Waals surface area contributed by atoms with Crippen LogP contribution < -0.4 is 10.5 Å². The fourth-order valence-electron chi connectivity index (χ4n) is 1.70. The number of sulfonamides is 1. The molecule has 0 saturated heterocycles. The van der Waals surface area contributed by atoms with E-state index >= 15 is 0 Å². The van der Waals surface area contributed by atoms with Crippen LogP contribution in [0.25, 0.3) is 0 Å². The Bertz CT molecular complexity index is 677. The van der Waals surface area contributed by atoms with Gasteiger partial charge >= 0.3 is 0 Å². The minimum atomic E-state index is -3.57. The minimum absolute atomic E-state index is 0.146. The fraction of sp³-hybridized carbons (Fsp3) is 0.231. The lowest BCUT2D eigenvalue weighted by Crippen LogP contribution is -2.24. The zero-order valence-electron chi connectivity index (χ0n) is 10.8. The number of benzene rings is 1. The van der Waals surface area contributed by atoms with Crippen molar-refractivity contribution in [3.8, 4) is 0 Å². The van der Waals surface area contributed by atoms with Gasteiger partial charge in [-0.1, -0.05) is 6.07 Å². The average Bonchev–Trinajstić information content (AvgIpc) is 2.84. The van der Waals surface area contributed by atoms with Crippen molar-refractivity contribution in [2.24, 2.45) is 0 Å². The van der Waals surface area contributed by atoms with Crippen molar-refractivity contribution in [3.63, 3.8) is 0 Å². The Morgan fingerprint density at radius 1 is 1.26 bits per heavy atom. The van der Waals surface area contributed by atoms with Gasteiger partial charge in [0.25, 0.3) is 0 Å². The van der Waals surface area contributed by atoms with Crippen molar-refractivity contribution >= 4 is 27.0 Å². The number of anilines is 1. The average molecular weight is 296 g/mol. The number of nitrogens with one attached hydrogen (secondary N) is 1. The molecule has 0 spiro atoms. The molecule has 0 radical (unpaired) electrons. The predicted molar refractivity (Wildman–Crippen MR) is 78.7 cm³/mol. The standard InChI is InChI=1S/C13H16N2O2S2/c1-9-6-12(14)13(7-10(9)2)19(16,17)15-8-11-4-3-5-18-11/h3-7,15H,8,14H2,1-2H3. The Hall–Kier alpha value is -1.37. The second-order valence-electron chi connectivity index (χ2n) is 4.38. The van der Waals surface area contributed by atoms with E-state index in [4.69, 9.17) is 5.73 Å². The van der Waals surface area contributed by atoms with Gasteiger partial charge in [0.2, 0.25) is 10.0 Å². The van der Waals surface area contributed by atoms with E-state index in [0.717, 1.165) is 16.0 Å². The van der Waals surface area contributed by atoms with Crippen molar-refractivity contribution in [2.75, 3.05) is 5.73 Å². The first kappa shape index (κ1) is 14.0. The van der Waals surface area contributed by atoms with E-state index in [1.165, 1.54) is 11.3 Å². The molecule has 102 valence electrons. The summed E-state index contributed by atoms with van der Waals surface area (Å²) in [5.41, 5.74) is 7.98. The summed E-state index contributed by atoms with van der Waals surface area (Å²) in [7, 11) is -3.57. The number of hydrogen-bond acceptors (Lipinski definition) is 4. The summed E-state index contributed by atoms with van der Waals surface area (Å²) in [5, 5.41) is 1.91. The van der Waals surface area contributed by atoms with E-state index in [1.807, 2.05) is 31.4 Å². The van der Waals surface area contributed by atoms with Crippen LogP contribution in [0, 0.1) is 13.8 Å². The monoisotopic (exact) mass is 296 g/mol. The number of hydrogen-bond donors (Lipinski definition) is 2. The van der Waals surface area contributed by atoms with Crippen LogP contribution in [0.2, 0.25) is 0 Å². The lowest BCUT2D eigenvalue weighted by atomic mass is 10.1. The van der Waals surface area contributed by atoms with Crippen LogP contribution in [-0.2, 0) is 16.6 Å². The Balaban J connectivity index is 2.27. The number of thiophene rings is 1. The van der Waals surface area contributed by atoms with Crippen molar-refractivity contribution in [1.82, 2.24) is 4.72 Å². The van der Waals surface area contributed by atoms with E-state index in [0.29, 0.717) is 0 Å². The summed E-state index contributed by atoms with van der Waals surface area (Å²) in [5.74, 6) is 0. The van der Waals surface area contributed by atoms with Gasteiger partial charge in [-0.05, 0) is 48.6 Å². The van der Waals surface area contributed by atoms with Crippen molar-refractivity contribution in [2.45, 2.75) is 25.3 Å². The fourth-order valence-corrected chi connectivity index (χ4v) is 3.64. The Kier molecular flexibility index (Phi) is 3.93. The molecule has 0 fully saturated rings. The highest BCUT2D eigenvalue weighted by Crippen LogP contribution is 2.23. The third-order valence-corrected chi connectivity index (χ3v) is 5.27. The van der Waals surface area contributed by atoms with E-state index in [-0.39, 0.29) is 17.1 Å². The smallest absolute Gasteiger partial charge is 0.242 e. The predicted octanol–water partition coefficient (Wildman–Crippen LogP) is 2.43. The van der Waals surface area contributed by atoms with Gasteiger partial charge < -0.3 is 5.73 Å². The molecule has 0 unspecified atom stereocenters. The molecule has 19 heavy (non-hydrogen) atoms. The zero-order chi connectivity index (χ0) is 14.0. The van der Waals surface area contributed by atoms with Gasteiger partial charge in [-0.15, -0.1) is 11.3 Å². The van der Waals surface area contributed by atoms with Crippen molar-refractivity contribution in [1.29, 1.82) is 0 Å². The highest BCUT2D eigenvalue weighted by atomic mass is 32.2. The first-order chi connectivity index (χ1) is 8.90. The molecule has 1 heterocycles. The number of nitrogen functional groups attached to an aromatic ring is 1. The van der Waals surface area contributed by atoms with Gasteiger partial charge in [-0.2, -0.15) is 0 Å². The molecular weight excluding hydrogens is 280 g/mol. The Labute approximate surface area is 117 Å². The molecule has 0 aliphatic rings. The van der Waals surface area contributed by atoms with E-state index < -0.39 is 10.0 Å². The van der Waals surface area contributed by atoms with Gasteiger partial charge in [-0.25, -0.2) is 13.1 Å². The van der Waals surface area contributed by atoms with Crippen LogP contribution in [0.1, 0.15) is 16.0 Å². The molecular formula is C13H16N2O2S2. The molecule has 1 aromatic heterocycles. The van der Waals surface area contributed by atoms with Crippen LogP contribution in [-0.4, -0.2) is 8.42 Å². The molecule has 1 aromatic carbocycles. The summed E-state index contributed by atoms with van der Waals surface area (Å²) < 4.78 is 27.0. The second kappa shape index (κ2) is 5.32. The molecule has 0 aliphatic heterocycles. The van der Waals surface area contributed by atoms with Gasteiger partial charge in [-0.3, -0.25) is 0 Å². The van der Waals surface area contributed by atoms with Crippen LogP contribution in [0.4, 0.5) is 5.69 Å². The van der Waals surface area contributed by atoms with Crippen LogP contribution in [0.5, 0.6) is 0 Å². The molecule has 0 aliphatic carbocycles. The maximum Gasteiger partial charge on any atom is 0.242 e. The maximum atomic E-state index is 12.2. The summed E-state index contributed by atoms with van der Waals surface area (Å²) in [4.78, 5) is 1.11. The topological polar surface area (TPSA) is 72.2 Å². The Morgan fingerprint density at radius 2 is 1.95 bits per heavy atom. The lowest BCUT2D eigenvalue weighted by Gasteiger charge is -2.11. The second-order valence-corrected chi connectivity index (χ2v) is 7.15. The van der Waals surface area contributed by atoms with Gasteiger partial charge in [0, 0.05) is 11.4 Å². The molecule has 0 atom stereocenters. The number of rotatable bonds is 4. The third kappa shape index (κ3) is 3.15. The number of aryl methyl sites for hydroxylation is 2. The molecule has 3 N–H and O–H groups in total. The summed E-state index contributed by atoms with van der Waals surface area (Å²) in [6.07, 6.45) is 0. The van der Waals surface area contributed by atoms with Crippen molar-refractivity contribution < 1.29 is 8.42 Å². The van der Waals surface area contributed by atoms with E-state index in [9.17, 15) is 8.42 Å².